The molecule has 1 aromatic heterocycles. The van der Waals surface area contributed by atoms with E-state index in [0.717, 1.165) is 30.0 Å². The van der Waals surface area contributed by atoms with Crippen LogP contribution in [-0.4, -0.2) is 29.7 Å². The molecule has 4 nitrogen and oxygen atoms in total. The second kappa shape index (κ2) is 4.13. The summed E-state index contributed by atoms with van der Waals surface area (Å²) in [6, 6.07) is 4.48. The molecular formula is C13H17N3O. The van der Waals surface area contributed by atoms with Crippen molar-refractivity contribution in [2.75, 3.05) is 19.8 Å². The van der Waals surface area contributed by atoms with Crippen LogP contribution in [0.2, 0.25) is 0 Å². The molecule has 0 bridgehead atoms. The van der Waals surface area contributed by atoms with E-state index >= 15 is 0 Å². The zero-order valence-corrected chi connectivity index (χ0v) is 10.2. The number of morpholine rings is 1. The summed E-state index contributed by atoms with van der Waals surface area (Å²) in [6.07, 6.45) is 0. The highest BCUT2D eigenvalue weighted by atomic mass is 16.5. The normalized spacial score (nSPS) is 20.9. The lowest BCUT2D eigenvalue weighted by molar-refractivity contribution is 0.0746. The molecule has 2 aromatic rings. The molecule has 0 aliphatic carbocycles. The van der Waals surface area contributed by atoms with Gasteiger partial charge in [0, 0.05) is 6.54 Å². The number of hydrogen-bond donors (Lipinski definition) is 2. The van der Waals surface area contributed by atoms with Crippen molar-refractivity contribution in [3.8, 4) is 0 Å². The lowest BCUT2D eigenvalue weighted by atomic mass is 10.1. The number of imidazole rings is 1. The number of aryl methyl sites for hydroxylation is 2. The number of ether oxygens (including phenoxy) is 1. The van der Waals surface area contributed by atoms with Crippen molar-refractivity contribution in [1.82, 2.24) is 15.3 Å². The third-order valence-electron chi connectivity index (χ3n) is 3.37. The van der Waals surface area contributed by atoms with E-state index in [1.165, 1.54) is 11.1 Å². The van der Waals surface area contributed by atoms with Crippen molar-refractivity contribution < 1.29 is 4.74 Å². The van der Waals surface area contributed by atoms with Gasteiger partial charge in [-0.3, -0.25) is 0 Å². The van der Waals surface area contributed by atoms with Crippen molar-refractivity contribution in [3.05, 3.63) is 29.1 Å². The third kappa shape index (κ3) is 1.94. The molecule has 0 spiro atoms. The lowest BCUT2D eigenvalue weighted by Crippen LogP contribution is -2.35. The maximum atomic E-state index is 5.46. The number of rotatable bonds is 1. The Hall–Kier alpha value is -1.39. The Labute approximate surface area is 100 Å². The molecule has 1 aromatic carbocycles. The fraction of sp³-hybridized carbons (Fsp3) is 0.462. The Balaban J connectivity index is 2.00. The number of aromatic nitrogens is 2. The minimum Gasteiger partial charge on any atom is -0.378 e. The van der Waals surface area contributed by atoms with Crippen molar-refractivity contribution in [1.29, 1.82) is 0 Å². The summed E-state index contributed by atoms with van der Waals surface area (Å²) in [5, 5.41) is 3.41. The van der Waals surface area contributed by atoms with E-state index in [4.69, 9.17) is 4.74 Å². The fourth-order valence-electron chi connectivity index (χ4n) is 2.20. The number of hydrogen-bond acceptors (Lipinski definition) is 3. The van der Waals surface area contributed by atoms with Gasteiger partial charge in [0.1, 0.15) is 5.82 Å². The first kappa shape index (κ1) is 10.7. The Bertz CT molecular complexity index is 502. The summed E-state index contributed by atoms with van der Waals surface area (Å²) < 4.78 is 5.46. The molecule has 2 N–H and O–H groups in total. The van der Waals surface area contributed by atoms with Crippen LogP contribution in [0.1, 0.15) is 23.0 Å². The second-order valence-electron chi connectivity index (χ2n) is 4.66. The van der Waals surface area contributed by atoms with Gasteiger partial charge in [0.15, 0.2) is 0 Å². The first-order valence-corrected chi connectivity index (χ1v) is 6.02. The number of nitrogens with one attached hydrogen (secondary N) is 2. The molecule has 1 aliphatic rings. The van der Waals surface area contributed by atoms with Crippen LogP contribution in [0, 0.1) is 13.8 Å². The number of aromatic amines is 1. The van der Waals surface area contributed by atoms with E-state index < -0.39 is 0 Å². The van der Waals surface area contributed by atoms with E-state index in [-0.39, 0.29) is 6.04 Å². The largest absolute Gasteiger partial charge is 0.378 e. The van der Waals surface area contributed by atoms with Crippen molar-refractivity contribution in [2.45, 2.75) is 19.9 Å². The molecule has 0 radical (unpaired) electrons. The molecule has 4 heteroatoms. The number of nitrogens with zero attached hydrogens (tertiary/aromatic N) is 1. The first-order valence-electron chi connectivity index (χ1n) is 6.02. The molecule has 0 saturated carbocycles. The van der Waals surface area contributed by atoms with Gasteiger partial charge in [-0.15, -0.1) is 0 Å². The highest BCUT2D eigenvalue weighted by molar-refractivity contribution is 5.77. The van der Waals surface area contributed by atoms with E-state index in [9.17, 15) is 0 Å². The molecule has 0 amide bonds. The van der Waals surface area contributed by atoms with Crippen LogP contribution in [0.25, 0.3) is 11.0 Å². The van der Waals surface area contributed by atoms with Gasteiger partial charge in [0.05, 0.1) is 30.3 Å². The maximum absolute atomic E-state index is 5.46. The molecular weight excluding hydrogens is 214 g/mol. The minimum atomic E-state index is 0.191. The highest BCUT2D eigenvalue weighted by Crippen LogP contribution is 2.20. The van der Waals surface area contributed by atoms with E-state index in [1.807, 2.05) is 0 Å². The van der Waals surface area contributed by atoms with Crippen LogP contribution in [-0.2, 0) is 4.74 Å². The van der Waals surface area contributed by atoms with Gasteiger partial charge in [0.25, 0.3) is 0 Å². The van der Waals surface area contributed by atoms with Crippen molar-refractivity contribution in [3.63, 3.8) is 0 Å². The van der Waals surface area contributed by atoms with E-state index in [2.05, 4.69) is 41.3 Å². The highest BCUT2D eigenvalue weighted by Gasteiger charge is 2.18. The van der Waals surface area contributed by atoms with Crippen LogP contribution >= 0.6 is 0 Å². The van der Waals surface area contributed by atoms with Gasteiger partial charge < -0.3 is 15.0 Å². The van der Waals surface area contributed by atoms with Gasteiger partial charge in [-0.25, -0.2) is 4.98 Å². The topological polar surface area (TPSA) is 49.9 Å². The molecule has 1 atom stereocenters. The summed E-state index contributed by atoms with van der Waals surface area (Å²) in [6.45, 7) is 6.61. The molecule has 17 heavy (non-hydrogen) atoms. The van der Waals surface area contributed by atoms with Gasteiger partial charge in [-0.1, -0.05) is 0 Å². The molecule has 2 heterocycles. The van der Waals surface area contributed by atoms with Crippen LogP contribution in [0.5, 0.6) is 0 Å². The number of benzene rings is 1. The molecule has 1 unspecified atom stereocenters. The van der Waals surface area contributed by atoms with Crippen LogP contribution in [0.4, 0.5) is 0 Å². The summed E-state index contributed by atoms with van der Waals surface area (Å²) in [5.41, 5.74) is 4.72. The Morgan fingerprint density at radius 1 is 1.29 bits per heavy atom. The zero-order chi connectivity index (χ0) is 11.8. The van der Waals surface area contributed by atoms with Gasteiger partial charge in [0.2, 0.25) is 0 Å². The van der Waals surface area contributed by atoms with Crippen molar-refractivity contribution in [2.24, 2.45) is 0 Å². The first-order chi connectivity index (χ1) is 8.24. The summed E-state index contributed by atoms with van der Waals surface area (Å²) in [5.74, 6) is 0.977. The molecule has 90 valence electrons. The average Bonchev–Trinajstić information content (AvgIpc) is 2.74. The van der Waals surface area contributed by atoms with Gasteiger partial charge >= 0.3 is 0 Å². The zero-order valence-electron chi connectivity index (χ0n) is 10.2. The quantitative estimate of drug-likeness (QED) is 0.787. The summed E-state index contributed by atoms with van der Waals surface area (Å²) in [7, 11) is 0. The summed E-state index contributed by atoms with van der Waals surface area (Å²) in [4.78, 5) is 8.02. The fourth-order valence-corrected chi connectivity index (χ4v) is 2.20. The lowest BCUT2D eigenvalue weighted by Gasteiger charge is -2.21. The number of H-pyrrole nitrogens is 1. The van der Waals surface area contributed by atoms with Crippen LogP contribution < -0.4 is 5.32 Å². The molecule has 1 fully saturated rings. The maximum Gasteiger partial charge on any atom is 0.126 e. The van der Waals surface area contributed by atoms with Crippen molar-refractivity contribution >= 4 is 11.0 Å². The second-order valence-corrected chi connectivity index (χ2v) is 4.66. The Morgan fingerprint density at radius 2 is 2.12 bits per heavy atom. The van der Waals surface area contributed by atoms with Crippen LogP contribution in [0.15, 0.2) is 12.1 Å². The van der Waals surface area contributed by atoms with Gasteiger partial charge in [-0.2, -0.15) is 0 Å². The predicted molar refractivity (Wildman–Crippen MR) is 67.1 cm³/mol. The smallest absolute Gasteiger partial charge is 0.126 e. The van der Waals surface area contributed by atoms with Crippen LogP contribution in [0.3, 0.4) is 0 Å². The minimum absolute atomic E-state index is 0.191. The Kier molecular flexibility index (Phi) is 2.61. The van der Waals surface area contributed by atoms with E-state index in [1.54, 1.807) is 0 Å². The molecule has 1 saturated heterocycles. The monoisotopic (exact) mass is 231 g/mol. The van der Waals surface area contributed by atoms with Gasteiger partial charge in [-0.05, 0) is 37.1 Å². The average molecular weight is 231 g/mol. The Morgan fingerprint density at radius 3 is 2.88 bits per heavy atom. The predicted octanol–water partition coefficient (Wildman–Crippen LogP) is 1.84. The SMILES string of the molecule is Cc1cc2nc(C3COCCN3)[nH]c2cc1C. The van der Waals surface area contributed by atoms with E-state index in [0.29, 0.717) is 6.61 Å². The molecule has 1 aliphatic heterocycles. The third-order valence-corrected chi connectivity index (χ3v) is 3.37. The number of fused-ring (bicyclic) bond motifs is 1. The molecule has 3 rings (SSSR count). The standard InChI is InChI=1S/C13H17N3O/c1-8-5-10-11(6-9(8)2)16-13(15-10)12-7-17-4-3-14-12/h5-6,12,14H,3-4,7H2,1-2H3,(H,15,16). The summed E-state index contributed by atoms with van der Waals surface area (Å²) >= 11 is 0.